The highest BCUT2D eigenvalue weighted by molar-refractivity contribution is 5.86. The lowest BCUT2D eigenvalue weighted by molar-refractivity contribution is -0.133. The normalized spacial score (nSPS) is 18.8. The fraction of sp³-hybridized carbons (Fsp3) is 0.529. The highest BCUT2D eigenvalue weighted by atomic mass is 16.2. The van der Waals surface area contributed by atoms with E-state index in [4.69, 9.17) is 0 Å². The summed E-state index contributed by atoms with van der Waals surface area (Å²) in [6, 6.07) is 12.0. The van der Waals surface area contributed by atoms with Gasteiger partial charge in [0.05, 0.1) is 6.07 Å². The topological polar surface area (TPSA) is 47.3 Å². The molecule has 4 heteroatoms. The van der Waals surface area contributed by atoms with Crippen LogP contribution in [0.15, 0.2) is 30.3 Å². The van der Waals surface area contributed by atoms with Crippen LogP contribution in [-0.2, 0) is 4.79 Å². The minimum Gasteiger partial charge on any atom is -0.339 e. The van der Waals surface area contributed by atoms with Crippen molar-refractivity contribution >= 4 is 5.91 Å². The van der Waals surface area contributed by atoms with Gasteiger partial charge in [0.2, 0.25) is 5.91 Å². The van der Waals surface area contributed by atoms with Crippen molar-refractivity contribution in [1.29, 1.82) is 5.26 Å². The monoisotopic (exact) mass is 285 g/mol. The SMILES string of the molecule is CCC(C)N1CCN(C(=O)C(C#N)c2ccccc2)CC1. The predicted molar refractivity (Wildman–Crippen MR) is 82.7 cm³/mol. The molecule has 2 rings (SSSR count). The number of rotatable bonds is 4. The summed E-state index contributed by atoms with van der Waals surface area (Å²) in [5, 5.41) is 9.35. The molecule has 1 aromatic carbocycles. The third-order valence-electron chi connectivity index (χ3n) is 4.35. The highest BCUT2D eigenvalue weighted by Crippen LogP contribution is 2.19. The number of nitrogens with zero attached hydrogens (tertiary/aromatic N) is 3. The largest absolute Gasteiger partial charge is 0.339 e. The van der Waals surface area contributed by atoms with E-state index in [1.807, 2.05) is 35.2 Å². The average Bonchev–Trinajstić information content (AvgIpc) is 2.56. The molecule has 0 spiro atoms. The average molecular weight is 285 g/mol. The van der Waals surface area contributed by atoms with Crippen molar-refractivity contribution in [3.63, 3.8) is 0 Å². The van der Waals surface area contributed by atoms with Gasteiger partial charge in [0, 0.05) is 32.2 Å². The first kappa shape index (κ1) is 15.5. The summed E-state index contributed by atoms with van der Waals surface area (Å²) in [5.41, 5.74) is 0.786. The van der Waals surface area contributed by atoms with Crippen LogP contribution in [0, 0.1) is 11.3 Å². The van der Waals surface area contributed by atoms with E-state index in [9.17, 15) is 10.1 Å². The molecule has 1 aromatic rings. The first-order chi connectivity index (χ1) is 10.2. The molecule has 4 nitrogen and oxygen atoms in total. The van der Waals surface area contributed by atoms with Gasteiger partial charge in [-0.1, -0.05) is 37.3 Å². The van der Waals surface area contributed by atoms with E-state index >= 15 is 0 Å². The van der Waals surface area contributed by atoms with E-state index in [0.29, 0.717) is 19.1 Å². The number of carbonyl (C=O) groups is 1. The second kappa shape index (κ2) is 7.24. The summed E-state index contributed by atoms with van der Waals surface area (Å²) >= 11 is 0. The molecule has 1 saturated heterocycles. The summed E-state index contributed by atoms with van der Waals surface area (Å²) in [6.45, 7) is 7.63. The molecule has 2 atom stereocenters. The van der Waals surface area contributed by atoms with Gasteiger partial charge in [-0.25, -0.2) is 0 Å². The first-order valence-corrected chi connectivity index (χ1v) is 7.64. The molecular formula is C17H23N3O. The zero-order valence-electron chi connectivity index (χ0n) is 12.8. The van der Waals surface area contributed by atoms with Crippen LogP contribution in [0.3, 0.4) is 0 Å². The Kier molecular flexibility index (Phi) is 5.35. The van der Waals surface area contributed by atoms with Crippen LogP contribution in [-0.4, -0.2) is 47.9 Å². The van der Waals surface area contributed by atoms with Crippen LogP contribution in [0.5, 0.6) is 0 Å². The van der Waals surface area contributed by atoms with Crippen molar-refractivity contribution in [2.24, 2.45) is 0 Å². The van der Waals surface area contributed by atoms with E-state index in [1.54, 1.807) is 0 Å². The number of carbonyl (C=O) groups excluding carboxylic acids is 1. The summed E-state index contributed by atoms with van der Waals surface area (Å²) in [7, 11) is 0. The molecule has 1 aliphatic rings. The smallest absolute Gasteiger partial charge is 0.244 e. The minimum atomic E-state index is -0.679. The number of nitriles is 1. The second-order valence-corrected chi connectivity index (χ2v) is 5.59. The van der Waals surface area contributed by atoms with Crippen molar-refractivity contribution < 1.29 is 4.79 Å². The van der Waals surface area contributed by atoms with E-state index in [0.717, 1.165) is 25.1 Å². The zero-order valence-corrected chi connectivity index (χ0v) is 12.8. The van der Waals surface area contributed by atoms with Crippen LogP contribution in [0.25, 0.3) is 0 Å². The molecule has 112 valence electrons. The number of hydrogen-bond donors (Lipinski definition) is 0. The van der Waals surface area contributed by atoms with Gasteiger partial charge in [0.25, 0.3) is 0 Å². The molecule has 1 amide bonds. The van der Waals surface area contributed by atoms with Crippen LogP contribution >= 0.6 is 0 Å². The maximum Gasteiger partial charge on any atom is 0.244 e. The van der Waals surface area contributed by atoms with Gasteiger partial charge in [0.15, 0.2) is 0 Å². The zero-order chi connectivity index (χ0) is 15.2. The molecule has 1 fully saturated rings. The van der Waals surface area contributed by atoms with Crippen LogP contribution in [0.4, 0.5) is 0 Å². The van der Waals surface area contributed by atoms with Gasteiger partial charge >= 0.3 is 0 Å². The predicted octanol–water partition coefficient (Wildman–Crippen LogP) is 2.24. The summed E-state index contributed by atoms with van der Waals surface area (Å²) in [6.07, 6.45) is 1.12. The fourth-order valence-corrected chi connectivity index (χ4v) is 2.74. The molecule has 1 heterocycles. The van der Waals surface area contributed by atoms with Crippen LogP contribution in [0.1, 0.15) is 31.7 Å². The number of hydrogen-bond acceptors (Lipinski definition) is 3. The molecule has 2 unspecified atom stereocenters. The standard InChI is InChI=1S/C17H23N3O/c1-3-14(2)19-9-11-20(12-10-19)17(21)16(13-18)15-7-5-4-6-8-15/h4-8,14,16H,3,9-12H2,1-2H3. The van der Waals surface area contributed by atoms with Gasteiger partial charge in [-0.3, -0.25) is 9.69 Å². The molecular weight excluding hydrogens is 262 g/mol. The van der Waals surface area contributed by atoms with Gasteiger partial charge in [-0.2, -0.15) is 5.26 Å². The van der Waals surface area contributed by atoms with Gasteiger partial charge in [0.1, 0.15) is 5.92 Å². The lowest BCUT2D eigenvalue weighted by atomic mass is 9.99. The van der Waals surface area contributed by atoms with Crippen molar-refractivity contribution in [3.8, 4) is 6.07 Å². The van der Waals surface area contributed by atoms with Crippen molar-refractivity contribution in [1.82, 2.24) is 9.80 Å². The van der Waals surface area contributed by atoms with Gasteiger partial charge in [-0.15, -0.1) is 0 Å². The van der Waals surface area contributed by atoms with E-state index < -0.39 is 5.92 Å². The lowest BCUT2D eigenvalue weighted by Crippen LogP contribution is -2.52. The summed E-state index contributed by atoms with van der Waals surface area (Å²) in [4.78, 5) is 16.8. The Labute approximate surface area is 127 Å². The molecule has 1 aliphatic heterocycles. The quantitative estimate of drug-likeness (QED) is 0.852. The molecule has 0 bridgehead atoms. The molecule has 0 radical (unpaired) electrons. The Morgan fingerprint density at radius 2 is 1.86 bits per heavy atom. The molecule has 0 N–H and O–H groups in total. The Morgan fingerprint density at radius 3 is 2.38 bits per heavy atom. The van der Waals surface area contributed by atoms with Gasteiger partial charge < -0.3 is 4.90 Å². The van der Waals surface area contributed by atoms with Crippen LogP contribution < -0.4 is 0 Å². The summed E-state index contributed by atoms with van der Waals surface area (Å²) in [5.74, 6) is -0.742. The minimum absolute atomic E-state index is 0.0625. The maximum absolute atomic E-state index is 12.6. The van der Waals surface area contributed by atoms with Crippen molar-refractivity contribution in [3.05, 3.63) is 35.9 Å². The van der Waals surface area contributed by atoms with E-state index in [-0.39, 0.29) is 5.91 Å². The number of benzene rings is 1. The lowest BCUT2D eigenvalue weighted by Gasteiger charge is -2.38. The Morgan fingerprint density at radius 1 is 1.24 bits per heavy atom. The molecule has 0 aliphatic carbocycles. The first-order valence-electron chi connectivity index (χ1n) is 7.64. The third-order valence-corrected chi connectivity index (χ3v) is 4.35. The van der Waals surface area contributed by atoms with E-state index in [2.05, 4.69) is 24.8 Å². The van der Waals surface area contributed by atoms with E-state index in [1.165, 1.54) is 0 Å². The summed E-state index contributed by atoms with van der Waals surface area (Å²) < 4.78 is 0. The number of piperazine rings is 1. The van der Waals surface area contributed by atoms with Gasteiger partial charge in [-0.05, 0) is 18.9 Å². The molecule has 21 heavy (non-hydrogen) atoms. The van der Waals surface area contributed by atoms with Crippen molar-refractivity contribution in [2.45, 2.75) is 32.2 Å². The molecule has 0 saturated carbocycles. The maximum atomic E-state index is 12.6. The Bertz CT molecular complexity index is 501. The number of amides is 1. The second-order valence-electron chi connectivity index (χ2n) is 5.59. The molecule has 0 aromatic heterocycles. The highest BCUT2D eigenvalue weighted by Gasteiger charge is 2.29. The van der Waals surface area contributed by atoms with Crippen molar-refractivity contribution in [2.75, 3.05) is 26.2 Å². The Balaban J connectivity index is 2.00. The third kappa shape index (κ3) is 3.62. The van der Waals surface area contributed by atoms with Crippen LogP contribution in [0.2, 0.25) is 0 Å². The Hall–Kier alpha value is -1.86. The fourth-order valence-electron chi connectivity index (χ4n) is 2.74.